The minimum atomic E-state index is -0.131. The number of amides is 2. The van der Waals surface area contributed by atoms with Crippen LogP contribution >= 0.6 is 0 Å². The highest BCUT2D eigenvalue weighted by Crippen LogP contribution is 2.19. The summed E-state index contributed by atoms with van der Waals surface area (Å²) in [5, 5.41) is 5.93. The molecule has 5 heteroatoms. The van der Waals surface area contributed by atoms with Crippen molar-refractivity contribution in [2.45, 2.75) is 34.6 Å². The van der Waals surface area contributed by atoms with E-state index in [0.29, 0.717) is 6.54 Å². The van der Waals surface area contributed by atoms with Crippen LogP contribution in [-0.4, -0.2) is 56.3 Å². The van der Waals surface area contributed by atoms with E-state index >= 15 is 0 Å². The number of quaternary nitrogens is 1. The number of likely N-dealkylation sites (N-methyl/N-ethyl adjacent to an activating group) is 1. The Labute approximate surface area is 147 Å². The Morgan fingerprint density at radius 3 is 2.21 bits per heavy atom. The van der Waals surface area contributed by atoms with Crippen LogP contribution in [0, 0.1) is 0 Å². The lowest BCUT2D eigenvalue weighted by atomic mass is 10.2. The molecule has 0 saturated carbocycles. The second kappa shape index (κ2) is 10.2. The molecular weight excluding hydrogens is 300 g/mol. The molecule has 2 N–H and O–H groups in total. The maximum atomic E-state index is 12.1. The standard InChI is InChI=1S/C19H34N4O/c1-6-22(7-2)18-13-11-12-17(16-18)21-19(24)20-14-15-23(8-3,9-4)10-5/h11-13,16H,6-10,14-15H2,1-5H3,(H-,20,21,24)/p+1. The molecule has 0 aromatic heterocycles. The quantitative estimate of drug-likeness (QED) is 0.643. The summed E-state index contributed by atoms with van der Waals surface area (Å²) in [6, 6.07) is 7.88. The fourth-order valence-corrected chi connectivity index (χ4v) is 3.10. The van der Waals surface area contributed by atoms with E-state index in [1.54, 1.807) is 0 Å². The van der Waals surface area contributed by atoms with Crippen molar-refractivity contribution in [3.63, 3.8) is 0 Å². The van der Waals surface area contributed by atoms with Crippen molar-refractivity contribution in [3.05, 3.63) is 24.3 Å². The van der Waals surface area contributed by atoms with Crippen molar-refractivity contribution in [2.75, 3.05) is 56.0 Å². The second-order valence-electron chi connectivity index (χ2n) is 6.12. The SMILES string of the molecule is CCN(CC)c1cccc(NC(=O)NCC[N+](CC)(CC)CC)c1. The van der Waals surface area contributed by atoms with Crippen molar-refractivity contribution >= 4 is 17.4 Å². The minimum Gasteiger partial charge on any atom is -0.372 e. The lowest BCUT2D eigenvalue weighted by Gasteiger charge is -2.35. The monoisotopic (exact) mass is 335 g/mol. The van der Waals surface area contributed by atoms with E-state index in [4.69, 9.17) is 0 Å². The average molecular weight is 336 g/mol. The van der Waals surface area contributed by atoms with Gasteiger partial charge in [-0.2, -0.15) is 0 Å². The lowest BCUT2D eigenvalue weighted by molar-refractivity contribution is -0.922. The molecule has 0 aliphatic heterocycles. The smallest absolute Gasteiger partial charge is 0.319 e. The predicted octanol–water partition coefficient (Wildman–Crippen LogP) is 3.53. The van der Waals surface area contributed by atoms with Crippen LogP contribution in [0.2, 0.25) is 0 Å². The van der Waals surface area contributed by atoms with Gasteiger partial charge in [0.25, 0.3) is 0 Å². The Bertz CT molecular complexity index is 488. The molecule has 1 rings (SSSR count). The molecule has 0 heterocycles. The zero-order valence-corrected chi connectivity index (χ0v) is 16.1. The summed E-state index contributed by atoms with van der Waals surface area (Å²) in [6.45, 7) is 17.8. The Hall–Kier alpha value is -1.75. The van der Waals surface area contributed by atoms with E-state index in [9.17, 15) is 4.79 Å². The number of urea groups is 1. The van der Waals surface area contributed by atoms with E-state index in [1.807, 2.05) is 18.2 Å². The van der Waals surface area contributed by atoms with Gasteiger partial charge in [0, 0.05) is 24.5 Å². The van der Waals surface area contributed by atoms with E-state index < -0.39 is 0 Å². The molecule has 136 valence electrons. The van der Waals surface area contributed by atoms with Gasteiger partial charge in [-0.05, 0) is 52.8 Å². The molecule has 0 saturated heterocycles. The summed E-state index contributed by atoms with van der Waals surface area (Å²) in [4.78, 5) is 14.4. The largest absolute Gasteiger partial charge is 0.372 e. The highest BCUT2D eigenvalue weighted by atomic mass is 16.2. The van der Waals surface area contributed by atoms with E-state index in [-0.39, 0.29) is 6.03 Å². The number of anilines is 2. The summed E-state index contributed by atoms with van der Waals surface area (Å²) in [6.07, 6.45) is 0. The summed E-state index contributed by atoms with van der Waals surface area (Å²) in [5.41, 5.74) is 1.97. The van der Waals surface area contributed by atoms with E-state index in [2.05, 4.69) is 56.2 Å². The van der Waals surface area contributed by atoms with Crippen LogP contribution in [0.5, 0.6) is 0 Å². The highest BCUT2D eigenvalue weighted by molar-refractivity contribution is 5.89. The van der Waals surface area contributed by atoms with Crippen LogP contribution in [0.3, 0.4) is 0 Å². The third-order valence-electron chi connectivity index (χ3n) is 5.12. The number of carbonyl (C=O) groups is 1. The first-order valence-corrected chi connectivity index (χ1v) is 9.29. The molecule has 0 spiro atoms. The van der Waals surface area contributed by atoms with Crippen molar-refractivity contribution in [2.24, 2.45) is 0 Å². The van der Waals surface area contributed by atoms with Crippen LogP contribution in [0.15, 0.2) is 24.3 Å². The highest BCUT2D eigenvalue weighted by Gasteiger charge is 2.20. The van der Waals surface area contributed by atoms with Gasteiger partial charge in [0.2, 0.25) is 0 Å². The molecule has 0 radical (unpaired) electrons. The zero-order valence-electron chi connectivity index (χ0n) is 16.1. The van der Waals surface area contributed by atoms with Gasteiger partial charge in [0.05, 0.1) is 32.7 Å². The zero-order chi connectivity index (χ0) is 18.0. The minimum absolute atomic E-state index is 0.131. The summed E-state index contributed by atoms with van der Waals surface area (Å²) in [7, 11) is 0. The summed E-state index contributed by atoms with van der Waals surface area (Å²) < 4.78 is 1.04. The molecule has 0 aliphatic rings. The van der Waals surface area contributed by atoms with Gasteiger partial charge < -0.3 is 20.0 Å². The number of carbonyl (C=O) groups excluding carboxylic acids is 1. The van der Waals surface area contributed by atoms with Gasteiger partial charge in [0.15, 0.2) is 0 Å². The normalized spacial score (nSPS) is 11.2. The molecular formula is C19H35N4O+. The first-order chi connectivity index (χ1) is 11.5. The first kappa shape index (κ1) is 20.3. The maximum absolute atomic E-state index is 12.1. The molecule has 0 bridgehead atoms. The van der Waals surface area contributed by atoms with E-state index in [1.165, 1.54) is 0 Å². The molecule has 2 amide bonds. The summed E-state index contributed by atoms with van der Waals surface area (Å²) >= 11 is 0. The van der Waals surface area contributed by atoms with Gasteiger partial charge >= 0.3 is 6.03 Å². The summed E-state index contributed by atoms with van der Waals surface area (Å²) in [5.74, 6) is 0. The van der Waals surface area contributed by atoms with Crippen LogP contribution in [-0.2, 0) is 0 Å². The molecule has 1 aromatic carbocycles. The number of hydrogen-bond donors (Lipinski definition) is 2. The molecule has 1 aromatic rings. The predicted molar refractivity (Wildman–Crippen MR) is 104 cm³/mol. The first-order valence-electron chi connectivity index (χ1n) is 9.29. The number of nitrogens with one attached hydrogen (secondary N) is 2. The fourth-order valence-electron chi connectivity index (χ4n) is 3.10. The van der Waals surface area contributed by atoms with Gasteiger partial charge in [-0.15, -0.1) is 0 Å². The van der Waals surface area contributed by atoms with Gasteiger partial charge in [0.1, 0.15) is 0 Å². The van der Waals surface area contributed by atoms with Gasteiger partial charge in [-0.25, -0.2) is 4.79 Å². The molecule has 0 aliphatic carbocycles. The second-order valence-corrected chi connectivity index (χ2v) is 6.12. The van der Waals surface area contributed by atoms with Crippen molar-refractivity contribution in [1.82, 2.24) is 5.32 Å². The molecule has 0 unspecified atom stereocenters. The number of nitrogens with zero attached hydrogens (tertiary/aromatic N) is 2. The maximum Gasteiger partial charge on any atom is 0.319 e. The number of rotatable bonds is 10. The van der Waals surface area contributed by atoms with Crippen molar-refractivity contribution in [1.29, 1.82) is 0 Å². The third kappa shape index (κ3) is 5.71. The van der Waals surface area contributed by atoms with Crippen LogP contribution in [0.4, 0.5) is 16.2 Å². The Morgan fingerprint density at radius 1 is 1.04 bits per heavy atom. The fraction of sp³-hybridized carbons (Fsp3) is 0.632. The number of benzene rings is 1. The Kier molecular flexibility index (Phi) is 8.61. The Balaban J connectivity index is 2.55. The van der Waals surface area contributed by atoms with Crippen LogP contribution < -0.4 is 15.5 Å². The van der Waals surface area contributed by atoms with Crippen LogP contribution in [0.1, 0.15) is 34.6 Å². The van der Waals surface area contributed by atoms with Gasteiger partial charge in [-0.1, -0.05) is 6.07 Å². The molecule has 5 nitrogen and oxygen atoms in total. The Morgan fingerprint density at radius 2 is 1.67 bits per heavy atom. The van der Waals surface area contributed by atoms with Crippen LogP contribution in [0.25, 0.3) is 0 Å². The molecule has 0 fully saturated rings. The van der Waals surface area contributed by atoms with Gasteiger partial charge in [-0.3, -0.25) is 0 Å². The molecule has 24 heavy (non-hydrogen) atoms. The van der Waals surface area contributed by atoms with Crippen molar-refractivity contribution in [3.8, 4) is 0 Å². The average Bonchev–Trinajstić information content (AvgIpc) is 2.60. The van der Waals surface area contributed by atoms with E-state index in [0.717, 1.165) is 55.1 Å². The lowest BCUT2D eigenvalue weighted by Crippen LogP contribution is -2.51. The third-order valence-corrected chi connectivity index (χ3v) is 5.12. The van der Waals surface area contributed by atoms with Crippen molar-refractivity contribution < 1.29 is 9.28 Å². The number of hydrogen-bond acceptors (Lipinski definition) is 2. The molecule has 0 atom stereocenters. The topological polar surface area (TPSA) is 44.4 Å².